The largest absolute Gasteiger partial charge is 0.291 e. The third kappa shape index (κ3) is 3.41. The number of pyridine rings is 1. The monoisotopic (exact) mass is 350 g/mol. The number of halogens is 3. The molecule has 0 saturated carbocycles. The molecule has 2 aromatic rings. The highest BCUT2D eigenvalue weighted by atomic mass is 35.5. The molecule has 0 aliphatic heterocycles. The lowest BCUT2D eigenvalue weighted by atomic mass is 9.96. The van der Waals surface area contributed by atoms with Crippen LogP contribution in [0.25, 0.3) is 0 Å². The zero-order chi connectivity index (χ0) is 17.1. The summed E-state index contributed by atoms with van der Waals surface area (Å²) in [5, 5.41) is 0. The summed E-state index contributed by atoms with van der Waals surface area (Å²) in [6, 6.07) is 7.28. The zero-order valence-corrected chi connectivity index (χ0v) is 13.8. The topological polar surface area (TPSA) is 33.2 Å². The van der Waals surface area contributed by atoms with Crippen LogP contribution in [0.5, 0.6) is 0 Å². The zero-order valence-electron chi connectivity index (χ0n) is 13.1. The van der Waals surface area contributed by atoms with Crippen LogP contribution in [-0.2, 0) is 24.2 Å². The van der Waals surface area contributed by atoms with Gasteiger partial charge in [-0.2, -0.15) is 0 Å². The van der Waals surface area contributed by atoms with Gasteiger partial charge in [-0.1, -0.05) is 12.1 Å². The van der Waals surface area contributed by atoms with Crippen LogP contribution >= 0.6 is 11.6 Å². The molecule has 6 heteroatoms. The molecule has 0 fully saturated rings. The summed E-state index contributed by atoms with van der Waals surface area (Å²) in [6.45, 7) is -0.240. The number of benzene rings is 1. The van der Waals surface area contributed by atoms with E-state index in [9.17, 15) is 13.6 Å². The number of aryl methyl sites for hydroxylation is 2. The minimum absolute atomic E-state index is 0.171. The van der Waals surface area contributed by atoms with Crippen molar-refractivity contribution >= 4 is 23.3 Å². The summed E-state index contributed by atoms with van der Waals surface area (Å²) in [5.41, 5.74) is 1.94. The van der Waals surface area contributed by atoms with Crippen molar-refractivity contribution < 1.29 is 13.6 Å². The van der Waals surface area contributed by atoms with Crippen molar-refractivity contribution in [2.45, 2.75) is 32.2 Å². The van der Waals surface area contributed by atoms with E-state index < -0.39 is 17.5 Å². The van der Waals surface area contributed by atoms with E-state index in [4.69, 9.17) is 11.6 Å². The van der Waals surface area contributed by atoms with Gasteiger partial charge in [0.15, 0.2) is 0 Å². The first kappa shape index (κ1) is 16.8. The third-order valence-electron chi connectivity index (χ3n) is 4.23. The van der Waals surface area contributed by atoms with Crippen molar-refractivity contribution in [1.29, 1.82) is 0 Å². The van der Waals surface area contributed by atoms with Crippen molar-refractivity contribution in [2.24, 2.45) is 0 Å². The van der Waals surface area contributed by atoms with Crippen molar-refractivity contribution in [1.82, 2.24) is 4.98 Å². The number of carbonyl (C=O) groups is 1. The van der Waals surface area contributed by atoms with Gasteiger partial charge in [-0.05, 0) is 49.4 Å². The normalized spacial score (nSPS) is 13.5. The molecule has 1 aromatic carbocycles. The van der Waals surface area contributed by atoms with Gasteiger partial charge >= 0.3 is 0 Å². The first-order chi connectivity index (χ1) is 11.6. The maximum atomic E-state index is 13.9. The molecule has 0 spiro atoms. The molecule has 1 aliphatic rings. The first-order valence-electron chi connectivity index (χ1n) is 7.88. The molecule has 3 nitrogen and oxygen atoms in total. The van der Waals surface area contributed by atoms with Crippen LogP contribution in [-0.4, -0.2) is 16.8 Å². The third-order valence-corrected chi connectivity index (χ3v) is 4.46. The van der Waals surface area contributed by atoms with Gasteiger partial charge < -0.3 is 0 Å². The predicted molar refractivity (Wildman–Crippen MR) is 89.1 cm³/mol. The minimum atomic E-state index is -0.694. The molecule has 126 valence electrons. The van der Waals surface area contributed by atoms with Crippen molar-refractivity contribution in [3.63, 3.8) is 0 Å². The number of carbonyl (C=O) groups excluding carboxylic acids is 1. The quantitative estimate of drug-likeness (QED) is 0.780. The highest BCUT2D eigenvalue weighted by Crippen LogP contribution is 2.25. The smallest absolute Gasteiger partial charge is 0.243 e. The highest BCUT2D eigenvalue weighted by Gasteiger charge is 2.22. The molecule has 1 aliphatic carbocycles. The number of alkyl halides is 1. The fourth-order valence-electron chi connectivity index (χ4n) is 2.93. The highest BCUT2D eigenvalue weighted by molar-refractivity contribution is 6.29. The lowest BCUT2D eigenvalue weighted by Crippen LogP contribution is -2.33. The van der Waals surface area contributed by atoms with Crippen LogP contribution in [0.15, 0.2) is 30.3 Å². The molecule has 1 heterocycles. The van der Waals surface area contributed by atoms with Gasteiger partial charge in [0.25, 0.3) is 0 Å². The average Bonchev–Trinajstić information content (AvgIpc) is 2.60. The van der Waals surface area contributed by atoms with Gasteiger partial charge in [0.05, 0.1) is 6.54 Å². The Morgan fingerprint density at radius 2 is 1.83 bits per heavy atom. The second-order valence-corrected chi connectivity index (χ2v) is 6.06. The molecule has 1 amide bonds. The number of rotatable bonds is 4. The molecule has 24 heavy (non-hydrogen) atoms. The predicted octanol–water partition coefficient (Wildman–Crippen LogP) is 4.01. The van der Waals surface area contributed by atoms with E-state index in [2.05, 4.69) is 4.98 Å². The summed E-state index contributed by atoms with van der Waals surface area (Å²) in [4.78, 5) is 18.0. The molecule has 0 radical (unpaired) electrons. The number of aromatic nitrogens is 1. The van der Waals surface area contributed by atoms with E-state index in [1.807, 2.05) is 6.07 Å². The van der Waals surface area contributed by atoms with Gasteiger partial charge in [-0.3, -0.25) is 9.69 Å². The summed E-state index contributed by atoms with van der Waals surface area (Å²) < 4.78 is 27.9. The van der Waals surface area contributed by atoms with Crippen LogP contribution < -0.4 is 4.90 Å². The van der Waals surface area contributed by atoms with E-state index in [0.717, 1.165) is 31.4 Å². The standard InChI is InChI=1S/C18H17ClF2N2O/c19-10-18(24)23(11-13-14(20)5-3-6-15(13)21)17-9-8-12-4-1-2-7-16(12)22-17/h3,5-6,8-9H,1-2,4,7,10-11H2. The van der Waals surface area contributed by atoms with E-state index in [0.29, 0.717) is 5.82 Å². The molecular formula is C18H17ClF2N2O. The molecule has 1 aromatic heterocycles. The number of hydrogen-bond donors (Lipinski definition) is 0. The molecule has 0 bridgehead atoms. The minimum Gasteiger partial charge on any atom is -0.291 e. The van der Waals surface area contributed by atoms with E-state index in [1.54, 1.807) is 6.07 Å². The maximum absolute atomic E-state index is 13.9. The average molecular weight is 351 g/mol. The Labute approximate surface area is 144 Å². The van der Waals surface area contributed by atoms with Crippen LogP contribution in [0.3, 0.4) is 0 Å². The second-order valence-electron chi connectivity index (χ2n) is 5.80. The van der Waals surface area contributed by atoms with Gasteiger partial charge in [0.2, 0.25) is 5.91 Å². The Kier molecular flexibility index (Phi) is 5.09. The summed E-state index contributed by atoms with van der Waals surface area (Å²) in [5.74, 6) is -1.73. The SMILES string of the molecule is O=C(CCl)N(Cc1c(F)cccc1F)c1ccc2c(n1)CCCC2. The maximum Gasteiger partial charge on any atom is 0.243 e. The fraction of sp³-hybridized carbons (Fsp3) is 0.333. The van der Waals surface area contributed by atoms with Crippen LogP contribution in [0.1, 0.15) is 29.7 Å². The summed E-state index contributed by atoms with van der Waals surface area (Å²) >= 11 is 5.68. The van der Waals surface area contributed by atoms with Crippen LogP contribution in [0, 0.1) is 11.6 Å². The first-order valence-corrected chi connectivity index (χ1v) is 8.41. The van der Waals surface area contributed by atoms with Gasteiger partial charge in [0, 0.05) is 11.3 Å². The van der Waals surface area contributed by atoms with E-state index in [-0.39, 0.29) is 18.0 Å². The van der Waals surface area contributed by atoms with Crippen molar-refractivity contribution in [2.75, 3.05) is 10.8 Å². The van der Waals surface area contributed by atoms with Crippen molar-refractivity contribution in [3.8, 4) is 0 Å². The van der Waals surface area contributed by atoms with Crippen LogP contribution in [0.4, 0.5) is 14.6 Å². The second kappa shape index (κ2) is 7.26. The van der Waals surface area contributed by atoms with Gasteiger partial charge in [0.1, 0.15) is 23.3 Å². The number of fused-ring (bicyclic) bond motifs is 1. The van der Waals surface area contributed by atoms with Crippen LogP contribution in [0.2, 0.25) is 0 Å². The summed E-state index contributed by atoms with van der Waals surface area (Å²) in [6.07, 6.45) is 3.99. The molecule has 0 saturated heterocycles. The number of amides is 1. The summed E-state index contributed by atoms with van der Waals surface area (Å²) in [7, 11) is 0. The van der Waals surface area contributed by atoms with E-state index in [1.165, 1.54) is 28.7 Å². The Hall–Kier alpha value is -2.01. The molecule has 0 N–H and O–H groups in total. The Morgan fingerprint density at radius 1 is 1.12 bits per heavy atom. The lowest BCUT2D eigenvalue weighted by Gasteiger charge is -2.24. The number of nitrogens with zero attached hydrogens (tertiary/aromatic N) is 2. The number of anilines is 1. The van der Waals surface area contributed by atoms with Gasteiger partial charge in [-0.15, -0.1) is 11.6 Å². The fourth-order valence-corrected chi connectivity index (χ4v) is 3.08. The molecule has 0 atom stereocenters. The lowest BCUT2D eigenvalue weighted by molar-refractivity contribution is -0.116. The van der Waals surface area contributed by atoms with E-state index >= 15 is 0 Å². The molecule has 3 rings (SSSR count). The Balaban J connectivity index is 1.97. The molecular weight excluding hydrogens is 334 g/mol. The Bertz CT molecular complexity index is 746. The van der Waals surface area contributed by atoms with Gasteiger partial charge in [-0.25, -0.2) is 13.8 Å². The van der Waals surface area contributed by atoms with Crippen molar-refractivity contribution in [3.05, 3.63) is 58.8 Å². The Morgan fingerprint density at radius 3 is 2.54 bits per heavy atom. The number of hydrogen-bond acceptors (Lipinski definition) is 2. The molecule has 0 unspecified atom stereocenters.